The summed E-state index contributed by atoms with van der Waals surface area (Å²) in [6, 6.07) is 3.58. The lowest BCUT2D eigenvalue weighted by atomic mass is 10.2. The van der Waals surface area contributed by atoms with E-state index < -0.39 is 0 Å². The quantitative estimate of drug-likeness (QED) is 0.927. The molecule has 3 rings (SSSR count). The average molecular weight is 310 g/mol. The molecular weight excluding hydrogens is 290 g/mol. The fourth-order valence-electron chi connectivity index (χ4n) is 2.65. The Balaban J connectivity index is 1.77. The van der Waals surface area contributed by atoms with Crippen molar-refractivity contribution in [3.63, 3.8) is 0 Å². The molecule has 0 aromatic carbocycles. The molecule has 1 aromatic rings. The van der Waals surface area contributed by atoms with Crippen molar-refractivity contribution in [1.82, 2.24) is 10.3 Å². The maximum atomic E-state index is 4.59. The van der Waals surface area contributed by atoms with E-state index in [0.717, 1.165) is 22.9 Å². The molecule has 0 spiro atoms. The standard InChI is InChI=1S/C14H20BrN3/c1-10-7-14(17-8-13(10)15)18(12-4-5-12)9-11-3-2-6-16-11/h7-8,11-12,16H,2-6,9H2,1H3. The Bertz CT molecular complexity index is 425. The Morgan fingerprint density at radius 1 is 1.44 bits per heavy atom. The highest BCUT2D eigenvalue weighted by atomic mass is 79.9. The van der Waals surface area contributed by atoms with Crippen LogP contribution in [-0.2, 0) is 0 Å². The lowest BCUT2D eigenvalue weighted by molar-refractivity contribution is 0.575. The van der Waals surface area contributed by atoms with Crippen molar-refractivity contribution < 1.29 is 0 Å². The number of hydrogen-bond acceptors (Lipinski definition) is 3. The van der Waals surface area contributed by atoms with Crippen LogP contribution in [-0.4, -0.2) is 30.2 Å². The van der Waals surface area contributed by atoms with Gasteiger partial charge in [0, 0.05) is 29.3 Å². The van der Waals surface area contributed by atoms with Crippen LogP contribution in [0.4, 0.5) is 5.82 Å². The van der Waals surface area contributed by atoms with Gasteiger partial charge in [0.1, 0.15) is 5.82 Å². The van der Waals surface area contributed by atoms with Crippen LogP contribution in [0.15, 0.2) is 16.7 Å². The van der Waals surface area contributed by atoms with Gasteiger partial charge in [-0.2, -0.15) is 0 Å². The summed E-state index contributed by atoms with van der Waals surface area (Å²) in [5.41, 5.74) is 1.27. The SMILES string of the molecule is Cc1cc(N(CC2CCCN2)C2CC2)ncc1Br. The second-order valence-corrected chi connectivity index (χ2v) is 6.32. The van der Waals surface area contributed by atoms with Crippen LogP contribution in [0.5, 0.6) is 0 Å². The molecular formula is C14H20BrN3. The summed E-state index contributed by atoms with van der Waals surface area (Å²) < 4.78 is 1.10. The van der Waals surface area contributed by atoms with E-state index in [4.69, 9.17) is 0 Å². The van der Waals surface area contributed by atoms with Gasteiger partial charge in [-0.05, 0) is 66.7 Å². The van der Waals surface area contributed by atoms with E-state index >= 15 is 0 Å². The molecule has 18 heavy (non-hydrogen) atoms. The molecule has 3 nitrogen and oxygen atoms in total. The number of nitrogens with one attached hydrogen (secondary N) is 1. The fourth-order valence-corrected chi connectivity index (χ4v) is 2.86. The van der Waals surface area contributed by atoms with Crippen molar-refractivity contribution in [3.05, 3.63) is 22.3 Å². The van der Waals surface area contributed by atoms with Gasteiger partial charge >= 0.3 is 0 Å². The number of aromatic nitrogens is 1. The van der Waals surface area contributed by atoms with Gasteiger partial charge in [-0.25, -0.2) is 4.98 Å². The average Bonchev–Trinajstić information content (AvgIpc) is 3.07. The lowest BCUT2D eigenvalue weighted by Gasteiger charge is -2.27. The third kappa shape index (κ3) is 2.69. The minimum absolute atomic E-state index is 0.649. The maximum absolute atomic E-state index is 4.59. The molecule has 1 saturated carbocycles. The monoisotopic (exact) mass is 309 g/mol. The number of hydrogen-bond donors (Lipinski definition) is 1. The number of aryl methyl sites for hydroxylation is 1. The number of anilines is 1. The molecule has 98 valence electrons. The molecule has 1 aliphatic heterocycles. The van der Waals surface area contributed by atoms with E-state index in [9.17, 15) is 0 Å². The first-order valence-electron chi connectivity index (χ1n) is 6.86. The second kappa shape index (κ2) is 5.17. The molecule has 2 heterocycles. The minimum atomic E-state index is 0.649. The van der Waals surface area contributed by atoms with E-state index in [0.29, 0.717) is 6.04 Å². The fraction of sp³-hybridized carbons (Fsp3) is 0.643. The molecule has 1 aromatic heterocycles. The summed E-state index contributed by atoms with van der Waals surface area (Å²) in [6.45, 7) is 4.42. The zero-order valence-electron chi connectivity index (χ0n) is 10.8. The van der Waals surface area contributed by atoms with Gasteiger partial charge < -0.3 is 10.2 Å². The van der Waals surface area contributed by atoms with E-state index in [1.54, 1.807) is 0 Å². The highest BCUT2D eigenvalue weighted by Crippen LogP contribution is 2.32. The first-order valence-corrected chi connectivity index (χ1v) is 7.65. The van der Waals surface area contributed by atoms with E-state index in [2.05, 4.69) is 44.1 Å². The van der Waals surface area contributed by atoms with Crippen molar-refractivity contribution >= 4 is 21.7 Å². The third-order valence-corrected chi connectivity index (χ3v) is 4.72. The Labute approximate surface area is 117 Å². The van der Waals surface area contributed by atoms with Gasteiger partial charge in [0.2, 0.25) is 0 Å². The van der Waals surface area contributed by atoms with E-state index in [1.165, 1.54) is 37.8 Å². The van der Waals surface area contributed by atoms with Crippen LogP contribution in [0.3, 0.4) is 0 Å². The lowest BCUT2D eigenvalue weighted by Crippen LogP contribution is -2.39. The normalized spacial score (nSPS) is 23.3. The van der Waals surface area contributed by atoms with E-state index in [1.807, 2.05) is 6.20 Å². The first kappa shape index (κ1) is 12.4. The van der Waals surface area contributed by atoms with Gasteiger partial charge in [0.25, 0.3) is 0 Å². The van der Waals surface area contributed by atoms with Gasteiger partial charge in [-0.1, -0.05) is 0 Å². The first-order chi connectivity index (χ1) is 8.74. The predicted molar refractivity (Wildman–Crippen MR) is 78.1 cm³/mol. The van der Waals surface area contributed by atoms with Gasteiger partial charge in [-0.3, -0.25) is 0 Å². The van der Waals surface area contributed by atoms with Gasteiger partial charge in [0.15, 0.2) is 0 Å². The molecule has 4 heteroatoms. The summed E-state index contributed by atoms with van der Waals surface area (Å²) in [5.74, 6) is 1.15. The number of rotatable bonds is 4. The maximum Gasteiger partial charge on any atom is 0.129 e. The largest absolute Gasteiger partial charge is 0.352 e. The molecule has 0 amide bonds. The zero-order chi connectivity index (χ0) is 12.5. The van der Waals surface area contributed by atoms with Crippen LogP contribution in [0.1, 0.15) is 31.2 Å². The molecule has 2 aliphatic rings. The van der Waals surface area contributed by atoms with Crippen LogP contribution in [0.25, 0.3) is 0 Å². The smallest absolute Gasteiger partial charge is 0.129 e. The van der Waals surface area contributed by atoms with Crippen molar-refractivity contribution in [2.75, 3.05) is 18.0 Å². The number of halogens is 1. The second-order valence-electron chi connectivity index (χ2n) is 5.47. The van der Waals surface area contributed by atoms with E-state index in [-0.39, 0.29) is 0 Å². The van der Waals surface area contributed by atoms with Crippen LogP contribution in [0.2, 0.25) is 0 Å². The Morgan fingerprint density at radius 2 is 2.28 bits per heavy atom. The molecule has 1 N–H and O–H groups in total. The highest BCUT2D eigenvalue weighted by molar-refractivity contribution is 9.10. The van der Waals surface area contributed by atoms with Crippen molar-refractivity contribution in [2.45, 2.75) is 44.7 Å². The summed E-state index contributed by atoms with van der Waals surface area (Å²) >= 11 is 3.53. The Hall–Kier alpha value is -0.610. The molecule has 0 bridgehead atoms. The third-order valence-electron chi connectivity index (χ3n) is 3.89. The van der Waals surface area contributed by atoms with Crippen molar-refractivity contribution in [3.8, 4) is 0 Å². The molecule has 1 atom stereocenters. The molecule has 1 unspecified atom stereocenters. The number of pyridine rings is 1. The summed E-state index contributed by atoms with van der Waals surface area (Å²) in [5, 5.41) is 3.59. The zero-order valence-corrected chi connectivity index (χ0v) is 12.4. The van der Waals surface area contributed by atoms with Crippen LogP contribution >= 0.6 is 15.9 Å². The summed E-state index contributed by atoms with van der Waals surface area (Å²) in [7, 11) is 0. The van der Waals surface area contributed by atoms with Gasteiger partial charge in [-0.15, -0.1) is 0 Å². The molecule has 1 aliphatic carbocycles. The van der Waals surface area contributed by atoms with Gasteiger partial charge in [0.05, 0.1) is 0 Å². The highest BCUT2D eigenvalue weighted by Gasteiger charge is 2.32. The summed E-state index contributed by atoms with van der Waals surface area (Å²) in [6.07, 6.45) is 7.20. The van der Waals surface area contributed by atoms with Crippen molar-refractivity contribution in [1.29, 1.82) is 0 Å². The topological polar surface area (TPSA) is 28.2 Å². The molecule has 1 saturated heterocycles. The Kier molecular flexibility index (Phi) is 3.57. The number of nitrogens with zero attached hydrogens (tertiary/aromatic N) is 2. The van der Waals surface area contributed by atoms with Crippen LogP contribution in [0, 0.1) is 6.92 Å². The predicted octanol–water partition coefficient (Wildman–Crippen LogP) is 2.87. The Morgan fingerprint density at radius 3 is 2.89 bits per heavy atom. The summed E-state index contributed by atoms with van der Waals surface area (Å²) in [4.78, 5) is 7.10. The molecule has 0 radical (unpaired) electrons. The van der Waals surface area contributed by atoms with Crippen LogP contribution < -0.4 is 10.2 Å². The minimum Gasteiger partial charge on any atom is -0.352 e. The molecule has 2 fully saturated rings. The van der Waals surface area contributed by atoms with Crippen molar-refractivity contribution in [2.24, 2.45) is 0 Å².